The molecule has 0 amide bonds. The van der Waals surface area contributed by atoms with Crippen LogP contribution in [0.2, 0.25) is 0 Å². The molecule has 3 N–H and O–H groups in total. The number of carboxylic acid groups (broad SMARTS) is 2. The van der Waals surface area contributed by atoms with Crippen molar-refractivity contribution in [1.82, 2.24) is 0 Å². The third-order valence-corrected chi connectivity index (χ3v) is 2.88. The van der Waals surface area contributed by atoms with Crippen LogP contribution in [-0.2, 0) is 4.79 Å². The number of hydrogen-bond acceptors (Lipinski definition) is 3. The van der Waals surface area contributed by atoms with Gasteiger partial charge in [-0.05, 0) is 18.6 Å². The van der Waals surface area contributed by atoms with Crippen molar-refractivity contribution in [3.8, 4) is 5.75 Å². The van der Waals surface area contributed by atoms with Gasteiger partial charge in [0, 0.05) is 6.42 Å². The Kier molecular flexibility index (Phi) is 10.6. The topological polar surface area (TPSA) is 94.8 Å². The van der Waals surface area contributed by atoms with E-state index in [1.807, 2.05) is 0 Å². The molecule has 0 saturated carbocycles. The van der Waals surface area contributed by atoms with Crippen LogP contribution in [0, 0.1) is 0 Å². The molecule has 0 aliphatic carbocycles. The Labute approximate surface area is 125 Å². The molecular weight excluding hydrogens is 272 g/mol. The second-order valence-electron chi connectivity index (χ2n) is 4.73. The number of carboxylic acids is 2. The molecule has 0 atom stereocenters. The lowest BCUT2D eigenvalue weighted by atomic mass is 10.1. The summed E-state index contributed by atoms with van der Waals surface area (Å²) in [6.07, 6.45) is 7.25. The van der Waals surface area contributed by atoms with Gasteiger partial charge in [-0.3, -0.25) is 4.79 Å². The molecule has 0 aliphatic rings. The zero-order chi connectivity index (χ0) is 16.1. The average Bonchev–Trinajstić information content (AvgIpc) is 2.43. The lowest BCUT2D eigenvalue weighted by molar-refractivity contribution is -0.137. The van der Waals surface area contributed by atoms with Crippen LogP contribution in [0.3, 0.4) is 0 Å². The van der Waals surface area contributed by atoms with Crippen molar-refractivity contribution in [3.63, 3.8) is 0 Å². The lowest BCUT2D eigenvalue weighted by Gasteiger charge is -1.97. The molecule has 0 spiro atoms. The maximum atomic E-state index is 10.3. The summed E-state index contributed by atoms with van der Waals surface area (Å²) in [5.74, 6) is -1.98. The number of aliphatic carboxylic acids is 1. The second kappa shape index (κ2) is 11.8. The normalized spacial score (nSPS) is 9.57. The van der Waals surface area contributed by atoms with Crippen LogP contribution in [0.1, 0.15) is 62.2 Å². The van der Waals surface area contributed by atoms with Gasteiger partial charge in [0.05, 0.1) is 0 Å². The zero-order valence-electron chi connectivity index (χ0n) is 12.4. The van der Waals surface area contributed by atoms with Gasteiger partial charge in [0.1, 0.15) is 11.3 Å². The quantitative estimate of drug-likeness (QED) is 0.632. The highest BCUT2D eigenvalue weighted by Crippen LogP contribution is 2.14. The molecule has 0 bridgehead atoms. The molecule has 21 heavy (non-hydrogen) atoms. The van der Waals surface area contributed by atoms with Gasteiger partial charge < -0.3 is 15.3 Å². The Hall–Kier alpha value is -2.04. The van der Waals surface area contributed by atoms with Crippen molar-refractivity contribution in [2.75, 3.05) is 0 Å². The summed E-state index contributed by atoms with van der Waals surface area (Å²) in [5.41, 5.74) is -0.0671. The number of aromatic hydroxyl groups is 1. The predicted octanol–water partition coefficient (Wildman–Crippen LogP) is 3.91. The number of phenols is 1. The largest absolute Gasteiger partial charge is 0.507 e. The third kappa shape index (κ3) is 10.4. The maximum absolute atomic E-state index is 10.3. The van der Waals surface area contributed by atoms with Crippen molar-refractivity contribution >= 4 is 11.9 Å². The van der Waals surface area contributed by atoms with E-state index in [4.69, 9.17) is 15.3 Å². The standard InChI is InChI=1S/C9H18O2.C7H6O3/c1-2-3-4-5-6-7-8-9(10)11;8-6-4-2-1-3-5(6)7(9)10/h2-8H2,1H3,(H,10,11);1-4,8H,(H,9,10). The molecule has 0 saturated heterocycles. The van der Waals surface area contributed by atoms with Gasteiger partial charge >= 0.3 is 11.9 Å². The molecule has 0 heterocycles. The molecule has 0 fully saturated rings. The van der Waals surface area contributed by atoms with Crippen LogP contribution >= 0.6 is 0 Å². The van der Waals surface area contributed by atoms with Gasteiger partial charge in [0.25, 0.3) is 0 Å². The minimum atomic E-state index is -1.11. The molecule has 5 nitrogen and oxygen atoms in total. The van der Waals surface area contributed by atoms with Crippen molar-refractivity contribution in [1.29, 1.82) is 0 Å². The zero-order valence-corrected chi connectivity index (χ0v) is 12.4. The molecule has 5 heteroatoms. The van der Waals surface area contributed by atoms with Crippen LogP contribution in [0.4, 0.5) is 0 Å². The van der Waals surface area contributed by atoms with E-state index in [2.05, 4.69) is 6.92 Å². The van der Waals surface area contributed by atoms with Crippen molar-refractivity contribution < 1.29 is 24.9 Å². The summed E-state index contributed by atoms with van der Waals surface area (Å²) in [5, 5.41) is 25.6. The van der Waals surface area contributed by atoms with E-state index in [1.165, 1.54) is 37.8 Å². The number of aromatic carboxylic acids is 1. The Bertz CT molecular complexity index is 428. The Balaban J connectivity index is 0.000000382. The van der Waals surface area contributed by atoms with Gasteiger partial charge in [-0.2, -0.15) is 0 Å². The van der Waals surface area contributed by atoms with Gasteiger partial charge in [0.2, 0.25) is 0 Å². The number of carbonyl (C=O) groups is 2. The van der Waals surface area contributed by atoms with E-state index < -0.39 is 11.9 Å². The van der Waals surface area contributed by atoms with Gasteiger partial charge in [0.15, 0.2) is 0 Å². The first kappa shape index (κ1) is 19.0. The fourth-order valence-electron chi connectivity index (χ4n) is 1.71. The average molecular weight is 296 g/mol. The van der Waals surface area contributed by atoms with E-state index >= 15 is 0 Å². The van der Waals surface area contributed by atoms with Crippen molar-refractivity contribution in [3.05, 3.63) is 29.8 Å². The van der Waals surface area contributed by atoms with Crippen molar-refractivity contribution in [2.45, 2.75) is 51.9 Å². The molecule has 0 radical (unpaired) electrons. The lowest BCUT2D eigenvalue weighted by Crippen LogP contribution is -1.95. The van der Waals surface area contributed by atoms with E-state index in [0.717, 1.165) is 12.8 Å². The van der Waals surface area contributed by atoms with E-state index in [0.29, 0.717) is 6.42 Å². The Morgan fingerprint density at radius 3 is 2.00 bits per heavy atom. The summed E-state index contributed by atoms with van der Waals surface area (Å²) in [6, 6.07) is 5.81. The highest BCUT2D eigenvalue weighted by Gasteiger charge is 2.05. The summed E-state index contributed by atoms with van der Waals surface area (Å²) in [4.78, 5) is 20.3. The molecule has 0 aromatic heterocycles. The SMILES string of the molecule is CCCCCCCCC(=O)O.O=C(O)c1ccccc1O. The molecule has 0 unspecified atom stereocenters. The molecule has 1 aromatic rings. The highest BCUT2D eigenvalue weighted by atomic mass is 16.4. The van der Waals surface area contributed by atoms with E-state index in [9.17, 15) is 9.59 Å². The number of unbranched alkanes of at least 4 members (excludes halogenated alkanes) is 5. The fraction of sp³-hybridized carbons (Fsp3) is 0.500. The molecule has 0 aliphatic heterocycles. The first-order chi connectivity index (χ1) is 9.99. The van der Waals surface area contributed by atoms with Crippen LogP contribution in [0.5, 0.6) is 5.75 Å². The smallest absolute Gasteiger partial charge is 0.339 e. The maximum Gasteiger partial charge on any atom is 0.339 e. The fourth-order valence-corrected chi connectivity index (χ4v) is 1.71. The number of para-hydroxylation sites is 1. The predicted molar refractivity (Wildman–Crippen MR) is 80.7 cm³/mol. The summed E-state index contributed by atoms with van der Waals surface area (Å²) in [6.45, 7) is 2.18. The van der Waals surface area contributed by atoms with E-state index in [-0.39, 0.29) is 11.3 Å². The number of rotatable bonds is 8. The van der Waals surface area contributed by atoms with Gasteiger partial charge in [-0.25, -0.2) is 4.79 Å². The summed E-state index contributed by atoms with van der Waals surface area (Å²) < 4.78 is 0. The highest BCUT2D eigenvalue weighted by molar-refractivity contribution is 5.90. The molecule has 1 aromatic carbocycles. The minimum Gasteiger partial charge on any atom is -0.507 e. The first-order valence-electron chi connectivity index (χ1n) is 7.22. The minimum absolute atomic E-state index is 0.0671. The van der Waals surface area contributed by atoms with Crippen molar-refractivity contribution in [2.24, 2.45) is 0 Å². The Morgan fingerprint density at radius 2 is 1.52 bits per heavy atom. The van der Waals surface area contributed by atoms with Crippen LogP contribution in [-0.4, -0.2) is 27.3 Å². The first-order valence-corrected chi connectivity index (χ1v) is 7.22. The molecule has 1 rings (SSSR count). The summed E-state index contributed by atoms with van der Waals surface area (Å²) >= 11 is 0. The number of hydrogen-bond donors (Lipinski definition) is 3. The number of benzene rings is 1. The second-order valence-corrected chi connectivity index (χ2v) is 4.73. The van der Waals surface area contributed by atoms with Crippen LogP contribution in [0.25, 0.3) is 0 Å². The van der Waals surface area contributed by atoms with Gasteiger partial charge in [-0.1, -0.05) is 51.2 Å². The monoisotopic (exact) mass is 296 g/mol. The van der Waals surface area contributed by atoms with Crippen LogP contribution < -0.4 is 0 Å². The third-order valence-electron chi connectivity index (χ3n) is 2.88. The molecule has 118 valence electrons. The van der Waals surface area contributed by atoms with Crippen LogP contribution in [0.15, 0.2) is 24.3 Å². The molecular formula is C16H24O5. The van der Waals surface area contributed by atoms with Gasteiger partial charge in [-0.15, -0.1) is 0 Å². The van der Waals surface area contributed by atoms with E-state index in [1.54, 1.807) is 12.1 Å². The summed E-state index contributed by atoms with van der Waals surface area (Å²) in [7, 11) is 0. The Morgan fingerprint density at radius 1 is 0.952 bits per heavy atom.